The first kappa shape index (κ1) is 23.0. The average molecular weight is 426 g/mol. The summed E-state index contributed by atoms with van der Waals surface area (Å²) in [5, 5.41) is 0.232. The van der Waals surface area contributed by atoms with E-state index in [0.29, 0.717) is 11.7 Å². The van der Waals surface area contributed by atoms with Crippen LogP contribution >= 0.6 is 0 Å². The van der Waals surface area contributed by atoms with Gasteiger partial charge < -0.3 is 10.2 Å². The van der Waals surface area contributed by atoms with Gasteiger partial charge in [-0.3, -0.25) is 4.90 Å². The number of aromatic nitrogens is 1. The Morgan fingerprint density at radius 3 is 2.27 bits per heavy atom. The Balaban J connectivity index is 1.52. The van der Waals surface area contributed by atoms with E-state index < -0.39 is 8.32 Å². The summed E-state index contributed by atoms with van der Waals surface area (Å²) in [7, 11) is -1.76. The molecule has 5 heteroatoms. The Kier molecular flexibility index (Phi) is 7.05. The van der Waals surface area contributed by atoms with Crippen molar-refractivity contribution in [3.05, 3.63) is 59.3 Å². The van der Waals surface area contributed by atoms with Gasteiger partial charge in [-0.1, -0.05) is 51.1 Å². The molecule has 1 aromatic carbocycles. The molecule has 30 heavy (non-hydrogen) atoms. The van der Waals surface area contributed by atoms with Crippen molar-refractivity contribution in [3.8, 4) is 0 Å². The van der Waals surface area contributed by atoms with Gasteiger partial charge in [0.25, 0.3) is 0 Å². The summed E-state index contributed by atoms with van der Waals surface area (Å²) in [4.78, 5) is 6.82. The van der Waals surface area contributed by atoms with Gasteiger partial charge in [-0.25, -0.2) is 4.98 Å². The molecule has 0 aliphatic carbocycles. The highest BCUT2D eigenvalue weighted by Gasteiger charge is 2.38. The second-order valence-electron chi connectivity index (χ2n) is 10.3. The van der Waals surface area contributed by atoms with E-state index >= 15 is 0 Å². The summed E-state index contributed by atoms with van der Waals surface area (Å²) in [6.45, 7) is 17.0. The van der Waals surface area contributed by atoms with E-state index in [9.17, 15) is 0 Å². The van der Waals surface area contributed by atoms with Gasteiger partial charge in [0.2, 0.25) is 0 Å². The molecule has 1 fully saturated rings. The summed E-state index contributed by atoms with van der Waals surface area (Å²) >= 11 is 0. The summed E-state index contributed by atoms with van der Waals surface area (Å²) in [5.74, 6) is 1.20. The van der Waals surface area contributed by atoms with Crippen LogP contribution in [-0.4, -0.2) is 31.3 Å². The van der Waals surface area contributed by atoms with E-state index in [1.807, 2.05) is 12.3 Å². The van der Waals surface area contributed by atoms with Gasteiger partial charge in [-0.05, 0) is 79.7 Å². The highest BCUT2D eigenvalue weighted by Crippen LogP contribution is 2.39. The third-order valence-electron chi connectivity index (χ3n) is 7.00. The van der Waals surface area contributed by atoms with Crippen LogP contribution in [0.1, 0.15) is 69.2 Å². The summed E-state index contributed by atoms with van der Waals surface area (Å²) in [6, 6.07) is 13.1. The maximum absolute atomic E-state index is 6.55. The molecular formula is C25H39N3OSi. The molecular weight excluding hydrogens is 386 g/mol. The van der Waals surface area contributed by atoms with E-state index in [0.717, 1.165) is 19.6 Å². The molecule has 0 radical (unpaired) electrons. The van der Waals surface area contributed by atoms with Crippen molar-refractivity contribution in [1.29, 1.82) is 0 Å². The van der Waals surface area contributed by atoms with Crippen LogP contribution < -0.4 is 5.73 Å². The number of nitrogen functional groups attached to an aromatic ring is 1. The molecule has 0 spiro atoms. The lowest BCUT2D eigenvalue weighted by Crippen LogP contribution is -2.41. The maximum Gasteiger partial charge on any atom is 0.192 e. The van der Waals surface area contributed by atoms with Crippen LogP contribution in [0.3, 0.4) is 0 Å². The molecule has 1 aliphatic heterocycles. The smallest absolute Gasteiger partial charge is 0.192 e. The van der Waals surface area contributed by atoms with E-state index in [1.165, 1.54) is 29.5 Å². The number of anilines is 1. The van der Waals surface area contributed by atoms with Crippen LogP contribution in [0.5, 0.6) is 0 Å². The SMILES string of the molecule is C[C@@H](O[Si](C)(C)C(C)(C)C)c1ccc(CN2CCC(c3ccc(N)nc3)CC2)cc1. The molecule has 2 N–H and O–H groups in total. The third-order valence-corrected chi connectivity index (χ3v) is 11.6. The maximum atomic E-state index is 6.55. The quantitative estimate of drug-likeness (QED) is 0.566. The van der Waals surface area contributed by atoms with Gasteiger partial charge in [-0.15, -0.1) is 0 Å². The molecule has 1 atom stereocenters. The Morgan fingerprint density at radius 2 is 1.73 bits per heavy atom. The van der Waals surface area contributed by atoms with E-state index in [2.05, 4.69) is 81.0 Å². The molecule has 1 saturated heterocycles. The fourth-order valence-electron chi connectivity index (χ4n) is 3.92. The van der Waals surface area contributed by atoms with Crippen LogP contribution in [0.15, 0.2) is 42.6 Å². The molecule has 1 aliphatic rings. The molecule has 0 bridgehead atoms. The largest absolute Gasteiger partial charge is 0.410 e. The van der Waals surface area contributed by atoms with Gasteiger partial charge in [0.1, 0.15) is 5.82 Å². The van der Waals surface area contributed by atoms with Gasteiger partial charge >= 0.3 is 0 Å². The minimum atomic E-state index is -1.76. The fourth-order valence-corrected chi connectivity index (χ4v) is 5.30. The number of pyridine rings is 1. The van der Waals surface area contributed by atoms with Crippen molar-refractivity contribution in [1.82, 2.24) is 9.88 Å². The number of rotatable bonds is 6. The second-order valence-corrected chi connectivity index (χ2v) is 15.1. The van der Waals surface area contributed by atoms with E-state index in [-0.39, 0.29) is 11.1 Å². The monoisotopic (exact) mass is 425 g/mol. The first-order chi connectivity index (χ1) is 14.0. The molecule has 0 amide bonds. The van der Waals surface area contributed by atoms with Gasteiger partial charge in [-0.2, -0.15) is 0 Å². The lowest BCUT2D eigenvalue weighted by molar-refractivity contribution is 0.201. The minimum absolute atomic E-state index is 0.143. The number of piperidine rings is 1. The number of hydrogen-bond donors (Lipinski definition) is 1. The molecule has 2 heterocycles. The number of benzene rings is 1. The van der Waals surface area contributed by atoms with Crippen LogP contribution in [0.4, 0.5) is 5.82 Å². The zero-order valence-corrected chi connectivity index (χ0v) is 20.6. The van der Waals surface area contributed by atoms with Crippen molar-refractivity contribution in [2.24, 2.45) is 0 Å². The van der Waals surface area contributed by atoms with Gasteiger partial charge in [0.05, 0.1) is 6.10 Å². The number of hydrogen-bond acceptors (Lipinski definition) is 4. The average Bonchev–Trinajstić information content (AvgIpc) is 2.68. The Labute approximate surface area is 184 Å². The van der Waals surface area contributed by atoms with Crippen molar-refractivity contribution >= 4 is 14.1 Å². The number of nitrogens with two attached hydrogens (primary N) is 1. The molecule has 0 unspecified atom stereocenters. The van der Waals surface area contributed by atoms with Crippen LogP contribution in [0, 0.1) is 0 Å². The highest BCUT2D eigenvalue weighted by molar-refractivity contribution is 6.74. The van der Waals surface area contributed by atoms with Crippen LogP contribution in [0.25, 0.3) is 0 Å². The normalized spacial score (nSPS) is 17.8. The molecule has 3 rings (SSSR count). The number of likely N-dealkylation sites (tertiary alicyclic amines) is 1. The highest BCUT2D eigenvalue weighted by atomic mass is 28.4. The molecule has 4 nitrogen and oxygen atoms in total. The lowest BCUT2D eigenvalue weighted by atomic mass is 9.90. The molecule has 0 saturated carbocycles. The Hall–Kier alpha value is -1.69. The van der Waals surface area contributed by atoms with Gasteiger partial charge in [0.15, 0.2) is 8.32 Å². The van der Waals surface area contributed by atoms with E-state index in [1.54, 1.807) is 0 Å². The predicted octanol–water partition coefficient (Wildman–Crippen LogP) is 6.13. The second kappa shape index (κ2) is 9.21. The standard InChI is InChI=1S/C25H39N3OSi/c1-19(29-30(5,6)25(2,3)4)21-9-7-20(8-10-21)18-28-15-13-22(14-16-28)23-11-12-24(26)27-17-23/h7-12,17,19,22H,13-16,18H2,1-6H3,(H2,26,27)/t19-/m1/s1. The Bertz CT molecular complexity index is 804. The Morgan fingerprint density at radius 1 is 1.10 bits per heavy atom. The summed E-state index contributed by atoms with van der Waals surface area (Å²) < 4.78 is 6.55. The van der Waals surface area contributed by atoms with Crippen molar-refractivity contribution < 1.29 is 4.43 Å². The summed E-state index contributed by atoms with van der Waals surface area (Å²) in [5.41, 5.74) is 9.70. The van der Waals surface area contributed by atoms with Crippen molar-refractivity contribution in [2.75, 3.05) is 18.8 Å². The van der Waals surface area contributed by atoms with Crippen LogP contribution in [-0.2, 0) is 11.0 Å². The first-order valence-corrected chi connectivity index (χ1v) is 14.2. The third kappa shape index (κ3) is 5.71. The fraction of sp³-hybridized carbons (Fsp3) is 0.560. The summed E-state index contributed by atoms with van der Waals surface area (Å²) in [6.07, 6.45) is 4.45. The topological polar surface area (TPSA) is 51.4 Å². The molecule has 2 aromatic rings. The van der Waals surface area contributed by atoms with Crippen LogP contribution in [0.2, 0.25) is 18.1 Å². The predicted molar refractivity (Wildman–Crippen MR) is 129 cm³/mol. The number of nitrogens with zero attached hydrogens (tertiary/aromatic N) is 2. The van der Waals surface area contributed by atoms with Gasteiger partial charge in [0, 0.05) is 12.7 Å². The van der Waals surface area contributed by atoms with Crippen molar-refractivity contribution in [3.63, 3.8) is 0 Å². The van der Waals surface area contributed by atoms with Crippen molar-refractivity contribution in [2.45, 2.75) is 77.2 Å². The minimum Gasteiger partial charge on any atom is -0.410 e. The zero-order valence-electron chi connectivity index (χ0n) is 19.6. The molecule has 1 aromatic heterocycles. The molecule has 164 valence electrons. The first-order valence-electron chi connectivity index (χ1n) is 11.3. The van der Waals surface area contributed by atoms with E-state index in [4.69, 9.17) is 10.2 Å². The zero-order chi connectivity index (χ0) is 21.9. The lowest BCUT2D eigenvalue weighted by Gasteiger charge is -2.38.